The summed E-state index contributed by atoms with van der Waals surface area (Å²) in [6, 6.07) is 16.3. The summed E-state index contributed by atoms with van der Waals surface area (Å²) in [5.74, 6) is -0.610. The molecule has 0 saturated carbocycles. The number of H-pyrrole nitrogens is 1. The van der Waals surface area contributed by atoms with E-state index in [0.29, 0.717) is 39.2 Å². The van der Waals surface area contributed by atoms with Crippen LogP contribution in [0.1, 0.15) is 20.7 Å². The minimum atomic E-state index is -0.466. The molecule has 0 bridgehead atoms. The van der Waals surface area contributed by atoms with Crippen molar-refractivity contribution in [3.63, 3.8) is 0 Å². The maximum absolute atomic E-state index is 12.7. The molecule has 0 aliphatic carbocycles. The Labute approximate surface area is 191 Å². The summed E-state index contributed by atoms with van der Waals surface area (Å²) in [6.45, 7) is 1.30. The first-order valence-corrected chi connectivity index (χ1v) is 10.6. The number of rotatable bonds is 6. The number of aromatic nitrogens is 1. The Kier molecular flexibility index (Phi) is 6.24. The van der Waals surface area contributed by atoms with Gasteiger partial charge in [0, 0.05) is 24.8 Å². The molecule has 4 aromatic rings. The van der Waals surface area contributed by atoms with Crippen molar-refractivity contribution in [1.82, 2.24) is 15.2 Å². The summed E-state index contributed by atoms with van der Waals surface area (Å²) in [5.41, 5.74) is 2.38. The molecule has 0 unspecified atom stereocenters. The lowest BCUT2D eigenvalue weighted by molar-refractivity contribution is 0.0603. The number of hydrogen-bond donors (Lipinski definition) is 2. The van der Waals surface area contributed by atoms with Gasteiger partial charge in [-0.3, -0.25) is 9.59 Å². The van der Waals surface area contributed by atoms with Crippen molar-refractivity contribution in [2.24, 2.45) is 0 Å². The van der Waals surface area contributed by atoms with Crippen LogP contribution >= 0.6 is 0 Å². The maximum atomic E-state index is 12.7. The monoisotopic (exact) mass is 443 g/mol. The zero-order valence-electron chi connectivity index (χ0n) is 18.8. The number of pyridine rings is 1. The fourth-order valence-electron chi connectivity index (χ4n) is 3.90. The molecule has 7 heteroatoms. The van der Waals surface area contributed by atoms with Gasteiger partial charge in [-0.25, -0.2) is 4.79 Å². The van der Waals surface area contributed by atoms with Crippen molar-refractivity contribution in [2.45, 2.75) is 0 Å². The third kappa shape index (κ3) is 4.49. The van der Waals surface area contributed by atoms with Crippen LogP contribution in [0.4, 0.5) is 0 Å². The molecule has 0 aliphatic heterocycles. The van der Waals surface area contributed by atoms with Gasteiger partial charge < -0.3 is 19.9 Å². The third-order valence-corrected chi connectivity index (χ3v) is 5.58. The number of hydrogen-bond acceptors (Lipinski definition) is 5. The van der Waals surface area contributed by atoms with E-state index in [4.69, 9.17) is 4.74 Å². The standard InChI is InChI=1S/C26H25N3O4/c1-29(2)12-11-28-24(30)19-6-4-5-16(13-19)17-7-8-20-21(14-17)23-18(9-10-27-25(23)31)15-22(20)26(32)33-3/h4-10,13-15H,11-12H2,1-3H3,(H,27,31)(H,28,30). The third-order valence-electron chi connectivity index (χ3n) is 5.58. The molecule has 0 atom stereocenters. The topological polar surface area (TPSA) is 91.5 Å². The molecule has 0 spiro atoms. The van der Waals surface area contributed by atoms with Crippen LogP contribution in [-0.2, 0) is 4.74 Å². The van der Waals surface area contributed by atoms with Gasteiger partial charge in [0.2, 0.25) is 0 Å². The molecule has 4 rings (SSSR count). The first kappa shape index (κ1) is 22.2. The van der Waals surface area contributed by atoms with Gasteiger partial charge in [-0.15, -0.1) is 0 Å². The van der Waals surface area contributed by atoms with Crippen LogP contribution in [0.15, 0.2) is 65.6 Å². The molecule has 1 heterocycles. The highest BCUT2D eigenvalue weighted by Gasteiger charge is 2.16. The van der Waals surface area contributed by atoms with Crippen LogP contribution in [0.25, 0.3) is 32.7 Å². The lowest BCUT2D eigenvalue weighted by Gasteiger charge is -2.12. The quantitative estimate of drug-likeness (QED) is 0.352. The number of benzene rings is 3. The SMILES string of the molecule is COC(=O)c1cc2cc[nH]c(=O)c2c2cc(-c3cccc(C(=O)NCCN(C)C)c3)ccc12. The van der Waals surface area contributed by atoms with E-state index in [-0.39, 0.29) is 11.5 Å². The van der Waals surface area contributed by atoms with Gasteiger partial charge in [0.1, 0.15) is 0 Å². The predicted molar refractivity (Wildman–Crippen MR) is 130 cm³/mol. The average molecular weight is 444 g/mol. The van der Waals surface area contributed by atoms with E-state index in [1.54, 1.807) is 24.4 Å². The van der Waals surface area contributed by atoms with Crippen molar-refractivity contribution in [2.75, 3.05) is 34.3 Å². The lowest BCUT2D eigenvalue weighted by atomic mass is 9.94. The summed E-state index contributed by atoms with van der Waals surface area (Å²) in [4.78, 5) is 42.3. The van der Waals surface area contributed by atoms with E-state index in [1.165, 1.54) is 7.11 Å². The van der Waals surface area contributed by atoms with Crippen molar-refractivity contribution < 1.29 is 14.3 Å². The summed E-state index contributed by atoms with van der Waals surface area (Å²) >= 11 is 0. The number of nitrogens with one attached hydrogen (secondary N) is 2. The van der Waals surface area contributed by atoms with E-state index < -0.39 is 5.97 Å². The van der Waals surface area contributed by atoms with E-state index in [1.807, 2.05) is 55.4 Å². The van der Waals surface area contributed by atoms with Gasteiger partial charge in [0.05, 0.1) is 18.1 Å². The summed E-state index contributed by atoms with van der Waals surface area (Å²) < 4.78 is 4.96. The Morgan fingerprint density at radius 2 is 1.79 bits per heavy atom. The number of esters is 1. The van der Waals surface area contributed by atoms with Crippen molar-refractivity contribution in [3.05, 3.63) is 82.3 Å². The number of carbonyl (C=O) groups is 2. The van der Waals surface area contributed by atoms with E-state index >= 15 is 0 Å². The Hall–Kier alpha value is -3.97. The highest BCUT2D eigenvalue weighted by molar-refractivity contribution is 6.16. The fourth-order valence-corrected chi connectivity index (χ4v) is 3.90. The zero-order valence-corrected chi connectivity index (χ0v) is 18.8. The Balaban J connectivity index is 1.82. The number of methoxy groups -OCH3 is 1. The summed E-state index contributed by atoms with van der Waals surface area (Å²) in [6.07, 6.45) is 1.56. The molecule has 1 aromatic heterocycles. The Morgan fingerprint density at radius 1 is 1.00 bits per heavy atom. The van der Waals surface area contributed by atoms with Crippen LogP contribution < -0.4 is 10.9 Å². The maximum Gasteiger partial charge on any atom is 0.338 e. The molecular formula is C26H25N3O4. The highest BCUT2D eigenvalue weighted by atomic mass is 16.5. The van der Waals surface area contributed by atoms with E-state index in [0.717, 1.165) is 17.7 Å². The number of nitrogens with zero attached hydrogens (tertiary/aromatic N) is 1. The van der Waals surface area contributed by atoms with Crippen LogP contribution in [0.5, 0.6) is 0 Å². The molecule has 3 aromatic carbocycles. The minimum Gasteiger partial charge on any atom is -0.465 e. The van der Waals surface area contributed by atoms with Crippen molar-refractivity contribution >= 4 is 33.4 Å². The smallest absolute Gasteiger partial charge is 0.338 e. The fraction of sp³-hybridized carbons (Fsp3) is 0.192. The van der Waals surface area contributed by atoms with Crippen molar-refractivity contribution in [3.8, 4) is 11.1 Å². The highest BCUT2D eigenvalue weighted by Crippen LogP contribution is 2.31. The first-order chi connectivity index (χ1) is 15.9. The van der Waals surface area contributed by atoms with E-state index in [2.05, 4.69) is 10.3 Å². The summed E-state index contributed by atoms with van der Waals surface area (Å²) in [7, 11) is 5.24. The van der Waals surface area contributed by atoms with Gasteiger partial charge in [-0.1, -0.05) is 24.3 Å². The molecule has 168 valence electrons. The first-order valence-electron chi connectivity index (χ1n) is 10.6. The molecule has 0 radical (unpaired) electrons. The second kappa shape index (κ2) is 9.26. The number of fused-ring (bicyclic) bond motifs is 3. The number of ether oxygens (including phenoxy) is 1. The normalized spacial score (nSPS) is 11.2. The lowest BCUT2D eigenvalue weighted by Crippen LogP contribution is -2.31. The average Bonchev–Trinajstić information content (AvgIpc) is 2.82. The molecule has 0 aliphatic rings. The molecule has 1 amide bonds. The molecule has 0 fully saturated rings. The second-order valence-electron chi connectivity index (χ2n) is 8.09. The van der Waals surface area contributed by atoms with Gasteiger partial charge >= 0.3 is 5.97 Å². The molecule has 33 heavy (non-hydrogen) atoms. The second-order valence-corrected chi connectivity index (χ2v) is 8.09. The Morgan fingerprint density at radius 3 is 2.55 bits per heavy atom. The van der Waals surface area contributed by atoms with Crippen molar-refractivity contribution in [1.29, 1.82) is 0 Å². The van der Waals surface area contributed by atoms with Gasteiger partial charge in [-0.2, -0.15) is 0 Å². The van der Waals surface area contributed by atoms with Crippen LogP contribution in [-0.4, -0.2) is 56.1 Å². The van der Waals surface area contributed by atoms with Crippen LogP contribution in [0, 0.1) is 0 Å². The van der Waals surface area contributed by atoms with Crippen LogP contribution in [0.2, 0.25) is 0 Å². The molecular weight excluding hydrogens is 418 g/mol. The van der Waals surface area contributed by atoms with Gasteiger partial charge in [0.25, 0.3) is 11.5 Å². The molecule has 7 nitrogen and oxygen atoms in total. The predicted octanol–water partition coefficient (Wildman–Crippen LogP) is 3.43. The largest absolute Gasteiger partial charge is 0.465 e. The number of likely N-dealkylation sites (N-methyl/N-ethyl adjacent to an activating group) is 1. The molecule has 0 saturated heterocycles. The number of carbonyl (C=O) groups excluding carboxylic acids is 2. The van der Waals surface area contributed by atoms with Gasteiger partial charge in [0.15, 0.2) is 0 Å². The Bertz CT molecular complexity index is 1420. The van der Waals surface area contributed by atoms with E-state index in [9.17, 15) is 14.4 Å². The van der Waals surface area contributed by atoms with Crippen LogP contribution in [0.3, 0.4) is 0 Å². The zero-order chi connectivity index (χ0) is 23.5. The summed E-state index contributed by atoms with van der Waals surface area (Å²) in [5, 5.41) is 5.35. The minimum absolute atomic E-state index is 0.144. The number of amides is 1. The number of aromatic amines is 1. The van der Waals surface area contributed by atoms with Gasteiger partial charge in [-0.05, 0) is 71.7 Å². The molecule has 2 N–H and O–H groups in total.